The first-order chi connectivity index (χ1) is 8.51. The molecule has 2 N–H and O–H groups in total. The Morgan fingerprint density at radius 3 is 2.72 bits per heavy atom. The van der Waals surface area contributed by atoms with Crippen LogP contribution in [0.4, 0.5) is 0 Å². The summed E-state index contributed by atoms with van der Waals surface area (Å²) in [7, 11) is 3.41. The average Bonchev–Trinajstić information content (AvgIpc) is 2.38. The quantitative estimate of drug-likeness (QED) is 0.867. The summed E-state index contributed by atoms with van der Waals surface area (Å²) in [5.74, 6) is 0.731. The summed E-state index contributed by atoms with van der Waals surface area (Å²) in [5, 5.41) is 0. The van der Waals surface area contributed by atoms with Gasteiger partial charge in [0.15, 0.2) is 0 Å². The molecule has 0 aliphatic rings. The van der Waals surface area contributed by atoms with Gasteiger partial charge in [-0.05, 0) is 44.5 Å². The Balaban J connectivity index is 2.90. The lowest BCUT2D eigenvalue weighted by Gasteiger charge is -2.24. The number of carbonyl (C=O) groups excluding carboxylic acids is 1. The molecule has 0 aromatic heterocycles. The molecule has 0 radical (unpaired) electrons. The molecule has 0 bridgehead atoms. The van der Waals surface area contributed by atoms with Crippen molar-refractivity contribution in [1.82, 2.24) is 4.90 Å². The van der Waals surface area contributed by atoms with Gasteiger partial charge in [-0.3, -0.25) is 4.79 Å². The molecule has 100 valence electrons. The Hall–Kier alpha value is -1.55. The smallest absolute Gasteiger partial charge is 0.253 e. The third-order valence-electron chi connectivity index (χ3n) is 3.22. The summed E-state index contributed by atoms with van der Waals surface area (Å²) in [6, 6.07) is 5.64. The van der Waals surface area contributed by atoms with Gasteiger partial charge in [0.05, 0.1) is 7.11 Å². The highest BCUT2D eigenvalue weighted by atomic mass is 16.5. The maximum Gasteiger partial charge on any atom is 0.253 e. The summed E-state index contributed by atoms with van der Waals surface area (Å²) in [5.41, 5.74) is 7.18. The highest BCUT2D eigenvalue weighted by molar-refractivity contribution is 5.94. The Bertz CT molecular complexity index is 418. The summed E-state index contributed by atoms with van der Waals surface area (Å²) in [6.07, 6.45) is 0.797. The minimum Gasteiger partial charge on any atom is -0.496 e. The van der Waals surface area contributed by atoms with Crippen molar-refractivity contribution < 1.29 is 9.53 Å². The second kappa shape index (κ2) is 6.40. The number of ether oxygens (including phenoxy) is 1. The van der Waals surface area contributed by atoms with E-state index in [1.165, 1.54) is 0 Å². The Kier molecular flexibility index (Phi) is 5.16. The Labute approximate surface area is 109 Å². The van der Waals surface area contributed by atoms with E-state index in [4.69, 9.17) is 10.5 Å². The van der Waals surface area contributed by atoms with Crippen LogP contribution >= 0.6 is 0 Å². The second-order valence-electron chi connectivity index (χ2n) is 4.53. The number of hydrogen-bond acceptors (Lipinski definition) is 3. The van der Waals surface area contributed by atoms with E-state index >= 15 is 0 Å². The molecule has 0 saturated carbocycles. The molecule has 1 atom stereocenters. The van der Waals surface area contributed by atoms with E-state index in [1.54, 1.807) is 25.1 Å². The van der Waals surface area contributed by atoms with Crippen LogP contribution in [-0.2, 0) is 0 Å². The molecule has 1 rings (SSSR count). The predicted octanol–water partition coefficient (Wildman–Crippen LogP) is 1.81. The lowest BCUT2D eigenvalue weighted by Crippen LogP contribution is -2.36. The van der Waals surface area contributed by atoms with Crippen LogP contribution in [0.2, 0.25) is 0 Å². The van der Waals surface area contributed by atoms with Gasteiger partial charge in [0.2, 0.25) is 0 Å². The van der Waals surface area contributed by atoms with E-state index in [1.807, 2.05) is 26.0 Å². The van der Waals surface area contributed by atoms with E-state index in [2.05, 4.69) is 0 Å². The van der Waals surface area contributed by atoms with Crippen LogP contribution in [0.1, 0.15) is 29.3 Å². The van der Waals surface area contributed by atoms with Gasteiger partial charge in [0.1, 0.15) is 5.75 Å². The first kappa shape index (κ1) is 14.5. The number of carbonyl (C=O) groups is 1. The van der Waals surface area contributed by atoms with Gasteiger partial charge in [-0.25, -0.2) is 0 Å². The molecular weight excluding hydrogens is 228 g/mol. The van der Waals surface area contributed by atoms with Crippen LogP contribution in [0.3, 0.4) is 0 Å². The molecule has 0 aliphatic carbocycles. The lowest BCUT2D eigenvalue weighted by atomic mass is 10.1. The minimum atomic E-state index is -0.00532. The molecule has 0 fully saturated rings. The zero-order valence-corrected chi connectivity index (χ0v) is 11.6. The second-order valence-corrected chi connectivity index (χ2v) is 4.53. The van der Waals surface area contributed by atoms with Crippen LogP contribution in [0.5, 0.6) is 5.75 Å². The van der Waals surface area contributed by atoms with Crippen molar-refractivity contribution in [1.29, 1.82) is 0 Å². The highest BCUT2D eigenvalue weighted by Gasteiger charge is 2.17. The van der Waals surface area contributed by atoms with Gasteiger partial charge in [-0.2, -0.15) is 0 Å². The Morgan fingerprint density at radius 1 is 1.50 bits per heavy atom. The Morgan fingerprint density at radius 2 is 2.17 bits per heavy atom. The molecule has 1 aromatic rings. The predicted molar refractivity (Wildman–Crippen MR) is 73.0 cm³/mol. The van der Waals surface area contributed by atoms with E-state index in [9.17, 15) is 4.79 Å². The monoisotopic (exact) mass is 250 g/mol. The molecule has 18 heavy (non-hydrogen) atoms. The third-order valence-corrected chi connectivity index (χ3v) is 3.22. The molecule has 0 aliphatic heterocycles. The fraction of sp³-hybridized carbons (Fsp3) is 0.500. The maximum atomic E-state index is 12.3. The number of benzene rings is 1. The van der Waals surface area contributed by atoms with E-state index in [0.717, 1.165) is 17.7 Å². The summed E-state index contributed by atoms with van der Waals surface area (Å²) in [4.78, 5) is 14.0. The first-order valence-electron chi connectivity index (χ1n) is 6.13. The number of hydrogen-bond donors (Lipinski definition) is 1. The molecule has 0 saturated heterocycles. The first-order valence-corrected chi connectivity index (χ1v) is 6.13. The highest BCUT2D eigenvalue weighted by Crippen LogP contribution is 2.20. The van der Waals surface area contributed by atoms with Crippen molar-refractivity contribution in [3.05, 3.63) is 29.3 Å². The van der Waals surface area contributed by atoms with Crippen molar-refractivity contribution in [3.63, 3.8) is 0 Å². The van der Waals surface area contributed by atoms with Gasteiger partial charge < -0.3 is 15.4 Å². The number of nitrogens with two attached hydrogens (primary N) is 1. The number of rotatable bonds is 5. The normalized spacial score (nSPS) is 12.1. The van der Waals surface area contributed by atoms with Crippen molar-refractivity contribution in [2.75, 3.05) is 20.7 Å². The van der Waals surface area contributed by atoms with Crippen LogP contribution in [0, 0.1) is 6.92 Å². The summed E-state index contributed by atoms with van der Waals surface area (Å²) >= 11 is 0. The summed E-state index contributed by atoms with van der Waals surface area (Å²) in [6.45, 7) is 4.53. The largest absolute Gasteiger partial charge is 0.496 e. The zero-order valence-electron chi connectivity index (χ0n) is 11.6. The van der Waals surface area contributed by atoms with Gasteiger partial charge in [0.25, 0.3) is 5.91 Å². The van der Waals surface area contributed by atoms with E-state index in [-0.39, 0.29) is 11.9 Å². The standard InChI is InChI=1S/C14H22N2O2/c1-10-5-6-12(9-13(10)18-4)14(17)16(3)11(2)7-8-15/h5-6,9,11H,7-8,15H2,1-4H3. The van der Waals surface area contributed by atoms with Gasteiger partial charge >= 0.3 is 0 Å². The lowest BCUT2D eigenvalue weighted by molar-refractivity contribution is 0.0738. The maximum absolute atomic E-state index is 12.3. The minimum absolute atomic E-state index is 0.00532. The van der Waals surface area contributed by atoms with Crippen LogP contribution in [0.15, 0.2) is 18.2 Å². The molecule has 0 heterocycles. The number of nitrogens with zero attached hydrogens (tertiary/aromatic N) is 1. The molecule has 0 spiro atoms. The van der Waals surface area contributed by atoms with Crippen molar-refractivity contribution in [2.45, 2.75) is 26.3 Å². The molecule has 1 unspecified atom stereocenters. The number of amides is 1. The van der Waals surface area contributed by atoms with Crippen molar-refractivity contribution >= 4 is 5.91 Å². The fourth-order valence-electron chi connectivity index (χ4n) is 1.79. The van der Waals surface area contributed by atoms with Crippen LogP contribution in [0.25, 0.3) is 0 Å². The molecule has 1 aromatic carbocycles. The fourth-order valence-corrected chi connectivity index (χ4v) is 1.79. The van der Waals surface area contributed by atoms with Gasteiger partial charge in [-0.1, -0.05) is 6.07 Å². The molecule has 4 nitrogen and oxygen atoms in total. The molecular formula is C14H22N2O2. The topological polar surface area (TPSA) is 55.6 Å². The van der Waals surface area contributed by atoms with Crippen LogP contribution < -0.4 is 10.5 Å². The van der Waals surface area contributed by atoms with Crippen molar-refractivity contribution in [2.24, 2.45) is 5.73 Å². The molecule has 4 heteroatoms. The van der Waals surface area contributed by atoms with E-state index < -0.39 is 0 Å². The van der Waals surface area contributed by atoms with Gasteiger partial charge in [0, 0.05) is 18.7 Å². The zero-order chi connectivity index (χ0) is 13.7. The summed E-state index contributed by atoms with van der Waals surface area (Å²) < 4.78 is 5.23. The van der Waals surface area contributed by atoms with Crippen molar-refractivity contribution in [3.8, 4) is 5.75 Å². The number of aryl methyl sites for hydroxylation is 1. The molecule has 1 amide bonds. The SMILES string of the molecule is COc1cc(C(=O)N(C)C(C)CCN)ccc1C. The van der Waals surface area contributed by atoms with E-state index in [0.29, 0.717) is 12.1 Å². The van der Waals surface area contributed by atoms with Crippen LogP contribution in [-0.4, -0.2) is 37.6 Å². The average molecular weight is 250 g/mol. The van der Waals surface area contributed by atoms with Gasteiger partial charge in [-0.15, -0.1) is 0 Å². The third kappa shape index (κ3) is 3.23. The number of methoxy groups -OCH3 is 1.